The second-order valence-corrected chi connectivity index (χ2v) is 7.10. The molecule has 0 unspecified atom stereocenters. The molecule has 0 aliphatic rings. The average Bonchev–Trinajstić information content (AvgIpc) is 3.03. The van der Waals surface area contributed by atoms with E-state index in [2.05, 4.69) is 39.1 Å². The smallest absolute Gasteiger partial charge is 0.225 e. The zero-order valence-corrected chi connectivity index (χ0v) is 15.1. The average molecular weight is 335 g/mol. The number of para-hydroxylation sites is 2. The van der Waals surface area contributed by atoms with Gasteiger partial charge in [-0.05, 0) is 29.7 Å². The lowest BCUT2D eigenvalue weighted by Gasteiger charge is -2.21. The number of hydrogen-bond acceptors (Lipinski definition) is 2. The summed E-state index contributed by atoms with van der Waals surface area (Å²) in [4.78, 5) is 16.7. The van der Waals surface area contributed by atoms with Crippen LogP contribution >= 0.6 is 0 Å². The van der Waals surface area contributed by atoms with Crippen LogP contribution in [-0.2, 0) is 17.9 Å². The molecule has 2 aromatic carbocycles. The Bertz CT molecular complexity index is 879. The van der Waals surface area contributed by atoms with Crippen molar-refractivity contribution in [2.45, 2.75) is 40.3 Å². The number of nitrogens with one attached hydrogen (secondary N) is 1. The summed E-state index contributed by atoms with van der Waals surface area (Å²) in [5, 5.41) is 3.05. The topological polar surface area (TPSA) is 46.9 Å². The zero-order valence-electron chi connectivity index (χ0n) is 15.1. The van der Waals surface area contributed by atoms with Crippen molar-refractivity contribution < 1.29 is 4.79 Å². The predicted molar refractivity (Wildman–Crippen MR) is 101 cm³/mol. The highest BCUT2D eigenvalue weighted by Crippen LogP contribution is 2.20. The van der Waals surface area contributed by atoms with Crippen molar-refractivity contribution in [3.63, 3.8) is 0 Å². The molecule has 0 saturated heterocycles. The lowest BCUT2D eigenvalue weighted by atomic mass is 9.89. The number of nitrogens with zero attached hydrogens (tertiary/aromatic N) is 2. The molecular weight excluding hydrogens is 310 g/mol. The maximum absolute atomic E-state index is 12.2. The highest BCUT2D eigenvalue weighted by Gasteiger charge is 2.24. The normalized spacial score (nSPS) is 11.6. The summed E-state index contributed by atoms with van der Waals surface area (Å²) in [6.45, 7) is 7.31. The van der Waals surface area contributed by atoms with E-state index in [0.717, 1.165) is 29.6 Å². The zero-order chi connectivity index (χ0) is 17.9. The Morgan fingerprint density at radius 1 is 1.12 bits per heavy atom. The molecule has 4 heteroatoms. The van der Waals surface area contributed by atoms with E-state index in [1.807, 2.05) is 51.4 Å². The molecule has 1 heterocycles. The van der Waals surface area contributed by atoms with Gasteiger partial charge in [-0.1, -0.05) is 57.2 Å². The van der Waals surface area contributed by atoms with Gasteiger partial charge in [-0.3, -0.25) is 4.79 Å². The van der Waals surface area contributed by atoms with E-state index < -0.39 is 0 Å². The van der Waals surface area contributed by atoms with Crippen LogP contribution in [0.4, 0.5) is 0 Å². The minimum atomic E-state index is -0.326. The van der Waals surface area contributed by atoms with Crippen molar-refractivity contribution in [3.8, 4) is 0 Å². The summed E-state index contributed by atoms with van der Waals surface area (Å²) in [6, 6.07) is 16.5. The summed E-state index contributed by atoms with van der Waals surface area (Å²) < 4.78 is 2.15. The molecular formula is C21H25N3O. The van der Waals surface area contributed by atoms with Gasteiger partial charge in [0.25, 0.3) is 0 Å². The van der Waals surface area contributed by atoms with Gasteiger partial charge < -0.3 is 9.88 Å². The fourth-order valence-electron chi connectivity index (χ4n) is 2.75. The Kier molecular flexibility index (Phi) is 4.88. The fourth-order valence-corrected chi connectivity index (χ4v) is 2.75. The molecule has 0 saturated carbocycles. The van der Waals surface area contributed by atoms with Gasteiger partial charge in [0, 0.05) is 18.5 Å². The van der Waals surface area contributed by atoms with Gasteiger partial charge in [0.2, 0.25) is 5.91 Å². The van der Waals surface area contributed by atoms with Crippen LogP contribution in [0.1, 0.15) is 38.3 Å². The number of carbonyl (C=O) groups is 1. The molecule has 0 radical (unpaired) electrons. The second-order valence-electron chi connectivity index (χ2n) is 7.10. The number of benzene rings is 2. The number of fused-ring (bicyclic) bond motifs is 1. The van der Waals surface area contributed by atoms with E-state index in [9.17, 15) is 4.79 Å². The van der Waals surface area contributed by atoms with Gasteiger partial charge in [0.1, 0.15) is 0 Å². The minimum Gasteiger partial charge on any atom is -0.352 e. The number of hydrogen-bond donors (Lipinski definition) is 1. The van der Waals surface area contributed by atoms with E-state index in [0.29, 0.717) is 6.54 Å². The van der Waals surface area contributed by atoms with Crippen molar-refractivity contribution in [1.82, 2.24) is 14.9 Å². The molecule has 1 aromatic heterocycles. The van der Waals surface area contributed by atoms with Crippen LogP contribution in [0.5, 0.6) is 0 Å². The quantitative estimate of drug-likeness (QED) is 0.736. The van der Waals surface area contributed by atoms with Crippen molar-refractivity contribution in [1.29, 1.82) is 0 Å². The number of rotatable bonds is 6. The molecule has 4 nitrogen and oxygen atoms in total. The molecule has 0 aliphatic carbocycles. The highest BCUT2D eigenvalue weighted by molar-refractivity contribution is 5.81. The minimum absolute atomic E-state index is 0.0982. The van der Waals surface area contributed by atoms with Crippen LogP contribution in [-0.4, -0.2) is 15.5 Å². The summed E-state index contributed by atoms with van der Waals surface area (Å²) >= 11 is 0. The first-order chi connectivity index (χ1) is 12.0. The van der Waals surface area contributed by atoms with Crippen LogP contribution in [0.15, 0.2) is 54.9 Å². The SMILES string of the molecule is CCC(C)(C)C(=O)NCc1cccc(Cn2cnc3ccccc32)c1. The van der Waals surface area contributed by atoms with Gasteiger partial charge in [-0.25, -0.2) is 4.98 Å². The molecule has 1 N–H and O–H groups in total. The molecule has 3 aromatic rings. The van der Waals surface area contributed by atoms with Crippen molar-refractivity contribution in [3.05, 3.63) is 66.0 Å². The van der Waals surface area contributed by atoms with Gasteiger partial charge in [0.05, 0.1) is 17.4 Å². The van der Waals surface area contributed by atoms with Crippen LogP contribution in [0.25, 0.3) is 11.0 Å². The van der Waals surface area contributed by atoms with Crippen LogP contribution < -0.4 is 5.32 Å². The Labute approximate surface area is 148 Å². The number of imidazole rings is 1. The predicted octanol–water partition coefficient (Wildman–Crippen LogP) is 4.14. The van der Waals surface area contributed by atoms with Crippen LogP contribution in [0.2, 0.25) is 0 Å². The van der Waals surface area contributed by atoms with Crippen molar-refractivity contribution in [2.24, 2.45) is 5.41 Å². The molecule has 0 aliphatic heterocycles. The highest BCUT2D eigenvalue weighted by atomic mass is 16.2. The molecule has 3 rings (SSSR count). The molecule has 0 bridgehead atoms. The van der Waals surface area contributed by atoms with Gasteiger partial charge in [-0.15, -0.1) is 0 Å². The lowest BCUT2D eigenvalue weighted by molar-refractivity contribution is -0.129. The molecule has 130 valence electrons. The number of amides is 1. The molecule has 0 spiro atoms. The summed E-state index contributed by atoms with van der Waals surface area (Å²) in [5.41, 5.74) is 4.12. The maximum atomic E-state index is 12.2. The summed E-state index contributed by atoms with van der Waals surface area (Å²) in [6.07, 6.45) is 2.70. The van der Waals surface area contributed by atoms with E-state index in [-0.39, 0.29) is 11.3 Å². The van der Waals surface area contributed by atoms with Gasteiger partial charge in [0.15, 0.2) is 0 Å². The number of aromatic nitrogens is 2. The Balaban J connectivity index is 1.70. The number of carbonyl (C=O) groups excluding carboxylic acids is 1. The summed E-state index contributed by atoms with van der Waals surface area (Å²) in [7, 11) is 0. The van der Waals surface area contributed by atoms with E-state index in [1.165, 1.54) is 5.56 Å². The monoisotopic (exact) mass is 335 g/mol. The first-order valence-corrected chi connectivity index (χ1v) is 8.75. The lowest BCUT2D eigenvalue weighted by Crippen LogP contribution is -2.36. The largest absolute Gasteiger partial charge is 0.352 e. The maximum Gasteiger partial charge on any atom is 0.225 e. The third-order valence-electron chi connectivity index (χ3n) is 4.82. The van der Waals surface area contributed by atoms with E-state index >= 15 is 0 Å². The van der Waals surface area contributed by atoms with Gasteiger partial charge >= 0.3 is 0 Å². The third kappa shape index (κ3) is 3.90. The van der Waals surface area contributed by atoms with E-state index in [1.54, 1.807) is 0 Å². The van der Waals surface area contributed by atoms with Crippen molar-refractivity contribution in [2.75, 3.05) is 0 Å². The Morgan fingerprint density at radius 2 is 1.88 bits per heavy atom. The van der Waals surface area contributed by atoms with Crippen LogP contribution in [0, 0.1) is 5.41 Å². The van der Waals surface area contributed by atoms with Crippen molar-refractivity contribution >= 4 is 16.9 Å². The first-order valence-electron chi connectivity index (χ1n) is 8.75. The molecule has 1 amide bonds. The van der Waals surface area contributed by atoms with Crippen LogP contribution in [0.3, 0.4) is 0 Å². The fraction of sp³-hybridized carbons (Fsp3) is 0.333. The first kappa shape index (κ1) is 17.2. The second kappa shape index (κ2) is 7.09. The molecule has 25 heavy (non-hydrogen) atoms. The van der Waals surface area contributed by atoms with E-state index in [4.69, 9.17) is 0 Å². The summed E-state index contributed by atoms with van der Waals surface area (Å²) in [5.74, 6) is 0.0982. The Hall–Kier alpha value is -2.62. The standard InChI is InChI=1S/C21H25N3O/c1-4-21(2,3)20(25)22-13-16-8-7-9-17(12-16)14-24-15-23-18-10-5-6-11-19(18)24/h5-12,15H,4,13-14H2,1-3H3,(H,22,25). The van der Waals surface area contributed by atoms with Gasteiger partial charge in [-0.2, -0.15) is 0 Å². The third-order valence-corrected chi connectivity index (χ3v) is 4.82. The molecule has 0 fully saturated rings. The Morgan fingerprint density at radius 3 is 2.68 bits per heavy atom. The molecule has 0 atom stereocenters.